The minimum Gasteiger partial charge on any atom is -0.497 e. The van der Waals surface area contributed by atoms with Gasteiger partial charge < -0.3 is 14.0 Å². The van der Waals surface area contributed by atoms with Gasteiger partial charge in [0.2, 0.25) is 0 Å². The first-order valence-electron chi connectivity index (χ1n) is 10.1. The number of amides is 2. The maximum atomic E-state index is 13.4. The van der Waals surface area contributed by atoms with Gasteiger partial charge in [0.15, 0.2) is 5.11 Å². The van der Waals surface area contributed by atoms with E-state index in [0.29, 0.717) is 11.4 Å². The standard InChI is InChI=1S/C24H18F3N3O4S/c1-33-17-8-9-19(20(13-17)34-2)30-22(32)18(21(31)28-23(30)35)12-16-7-4-10-29(16)15-6-3-5-14(11-15)24(25,26)27/h3-13H,1-2H3,(H,28,31,35)/b18-12+. The van der Waals surface area contributed by atoms with Crippen molar-refractivity contribution in [2.45, 2.75) is 6.18 Å². The molecule has 4 rings (SSSR count). The summed E-state index contributed by atoms with van der Waals surface area (Å²) in [5, 5.41) is 2.33. The number of hydrogen-bond donors (Lipinski definition) is 1. The Hall–Kier alpha value is -4.12. The molecule has 0 unspecified atom stereocenters. The third-order valence-corrected chi connectivity index (χ3v) is 5.54. The summed E-state index contributed by atoms with van der Waals surface area (Å²) in [5.41, 5.74) is -0.274. The Morgan fingerprint density at radius 1 is 1.00 bits per heavy atom. The number of alkyl halides is 3. The molecule has 0 spiro atoms. The second-order valence-electron chi connectivity index (χ2n) is 7.35. The van der Waals surface area contributed by atoms with Crippen molar-refractivity contribution in [1.82, 2.24) is 9.88 Å². The molecule has 1 saturated heterocycles. The number of carbonyl (C=O) groups is 2. The van der Waals surface area contributed by atoms with Crippen LogP contribution in [0.5, 0.6) is 11.5 Å². The van der Waals surface area contributed by atoms with Crippen LogP contribution in [0.25, 0.3) is 11.8 Å². The Labute approximate surface area is 203 Å². The van der Waals surface area contributed by atoms with Gasteiger partial charge in [-0.1, -0.05) is 6.07 Å². The molecule has 0 radical (unpaired) electrons. The predicted molar refractivity (Wildman–Crippen MR) is 127 cm³/mol. The predicted octanol–water partition coefficient (Wildman–Crippen LogP) is 4.34. The minimum absolute atomic E-state index is 0.145. The molecule has 0 atom stereocenters. The summed E-state index contributed by atoms with van der Waals surface area (Å²) < 4.78 is 51.5. The van der Waals surface area contributed by atoms with Crippen molar-refractivity contribution in [1.29, 1.82) is 0 Å². The smallest absolute Gasteiger partial charge is 0.416 e. The zero-order valence-corrected chi connectivity index (χ0v) is 19.2. The van der Waals surface area contributed by atoms with Crippen LogP contribution in [0.2, 0.25) is 0 Å². The van der Waals surface area contributed by atoms with Crippen LogP contribution in [0.3, 0.4) is 0 Å². The van der Waals surface area contributed by atoms with Crippen LogP contribution < -0.4 is 19.7 Å². The first kappa shape index (κ1) is 24.0. The summed E-state index contributed by atoms with van der Waals surface area (Å²) >= 11 is 5.23. The molecule has 1 N–H and O–H groups in total. The Morgan fingerprint density at radius 3 is 2.46 bits per heavy atom. The molecule has 3 aromatic rings. The zero-order chi connectivity index (χ0) is 25.3. The molecule has 11 heteroatoms. The molecule has 1 aromatic heterocycles. The number of anilines is 1. The third kappa shape index (κ3) is 4.62. The molecule has 0 saturated carbocycles. The maximum Gasteiger partial charge on any atom is 0.416 e. The lowest BCUT2D eigenvalue weighted by molar-refractivity contribution is -0.137. The summed E-state index contributed by atoms with van der Waals surface area (Å²) in [6.45, 7) is 0. The van der Waals surface area contributed by atoms with Gasteiger partial charge in [-0.2, -0.15) is 13.2 Å². The minimum atomic E-state index is -4.52. The van der Waals surface area contributed by atoms with E-state index in [-0.39, 0.29) is 27.8 Å². The van der Waals surface area contributed by atoms with E-state index in [2.05, 4.69) is 5.32 Å². The molecule has 2 amide bonds. The number of halogens is 3. The molecule has 2 heterocycles. The summed E-state index contributed by atoms with van der Waals surface area (Å²) in [7, 11) is 2.89. The number of ether oxygens (including phenoxy) is 2. The van der Waals surface area contributed by atoms with Gasteiger partial charge in [-0.05, 0) is 60.8 Å². The molecule has 1 fully saturated rings. The fourth-order valence-electron chi connectivity index (χ4n) is 3.57. The van der Waals surface area contributed by atoms with Crippen LogP contribution >= 0.6 is 12.2 Å². The third-order valence-electron chi connectivity index (χ3n) is 5.25. The summed E-state index contributed by atoms with van der Waals surface area (Å²) in [6.07, 6.45) is -1.70. The van der Waals surface area contributed by atoms with Gasteiger partial charge in [0, 0.05) is 23.6 Å². The first-order chi connectivity index (χ1) is 16.6. The highest BCUT2D eigenvalue weighted by atomic mass is 32.1. The van der Waals surface area contributed by atoms with Gasteiger partial charge in [-0.3, -0.25) is 14.9 Å². The number of methoxy groups -OCH3 is 2. The largest absolute Gasteiger partial charge is 0.497 e. The number of carbonyl (C=O) groups excluding carboxylic acids is 2. The topological polar surface area (TPSA) is 72.8 Å². The normalized spacial score (nSPS) is 15.4. The van der Waals surface area contributed by atoms with Crippen LogP contribution in [0, 0.1) is 0 Å². The van der Waals surface area contributed by atoms with Crippen LogP contribution in [0.1, 0.15) is 11.3 Å². The number of hydrogen-bond acceptors (Lipinski definition) is 5. The molecular formula is C24H18F3N3O4S. The molecule has 1 aliphatic heterocycles. The molecule has 0 aliphatic carbocycles. The molecule has 2 aromatic carbocycles. The number of nitrogens with zero attached hydrogens (tertiary/aromatic N) is 2. The number of benzene rings is 2. The van der Waals surface area contributed by atoms with Crippen molar-refractivity contribution in [3.05, 3.63) is 77.6 Å². The lowest BCUT2D eigenvalue weighted by Crippen LogP contribution is -2.54. The maximum absolute atomic E-state index is 13.4. The Balaban J connectivity index is 1.76. The van der Waals surface area contributed by atoms with Crippen molar-refractivity contribution in [3.63, 3.8) is 0 Å². The van der Waals surface area contributed by atoms with E-state index in [1.807, 2.05) is 0 Å². The lowest BCUT2D eigenvalue weighted by atomic mass is 10.1. The second-order valence-corrected chi connectivity index (χ2v) is 7.73. The first-order valence-corrected chi connectivity index (χ1v) is 10.5. The summed E-state index contributed by atoms with van der Waals surface area (Å²) in [4.78, 5) is 27.2. The Kier molecular flexibility index (Phi) is 6.35. The highest BCUT2D eigenvalue weighted by Crippen LogP contribution is 2.35. The van der Waals surface area contributed by atoms with Gasteiger partial charge in [-0.25, -0.2) is 4.90 Å². The van der Waals surface area contributed by atoms with E-state index in [0.717, 1.165) is 17.0 Å². The fraction of sp³-hybridized carbons (Fsp3) is 0.125. The number of aromatic nitrogens is 1. The number of nitrogens with one attached hydrogen (secondary N) is 1. The van der Waals surface area contributed by atoms with E-state index in [1.54, 1.807) is 30.3 Å². The van der Waals surface area contributed by atoms with Gasteiger partial charge in [0.05, 0.1) is 25.5 Å². The van der Waals surface area contributed by atoms with Crippen molar-refractivity contribution in [2.24, 2.45) is 0 Å². The van der Waals surface area contributed by atoms with Gasteiger partial charge in [0.1, 0.15) is 17.1 Å². The van der Waals surface area contributed by atoms with Crippen LogP contribution in [-0.2, 0) is 15.8 Å². The van der Waals surface area contributed by atoms with E-state index in [4.69, 9.17) is 21.7 Å². The number of rotatable bonds is 5. The highest BCUT2D eigenvalue weighted by Gasteiger charge is 2.36. The van der Waals surface area contributed by atoms with Crippen molar-refractivity contribution in [3.8, 4) is 17.2 Å². The zero-order valence-electron chi connectivity index (χ0n) is 18.4. The van der Waals surface area contributed by atoms with Crippen molar-refractivity contribution >= 4 is 40.9 Å². The molecule has 7 nitrogen and oxygen atoms in total. The number of thiocarbonyl (C=S) groups is 1. The molecule has 35 heavy (non-hydrogen) atoms. The fourth-order valence-corrected chi connectivity index (χ4v) is 3.85. The summed E-state index contributed by atoms with van der Waals surface area (Å²) in [6, 6.07) is 12.6. The van der Waals surface area contributed by atoms with Crippen molar-refractivity contribution < 1.29 is 32.2 Å². The van der Waals surface area contributed by atoms with Crippen LogP contribution in [0.4, 0.5) is 18.9 Å². The van der Waals surface area contributed by atoms with E-state index in [9.17, 15) is 22.8 Å². The average molecular weight is 501 g/mol. The van der Waals surface area contributed by atoms with Gasteiger partial charge >= 0.3 is 6.18 Å². The van der Waals surface area contributed by atoms with E-state index < -0.39 is 23.6 Å². The van der Waals surface area contributed by atoms with Crippen LogP contribution in [0.15, 0.2) is 66.4 Å². The molecule has 0 bridgehead atoms. The van der Waals surface area contributed by atoms with Gasteiger partial charge in [0.25, 0.3) is 11.8 Å². The van der Waals surface area contributed by atoms with Gasteiger partial charge in [-0.15, -0.1) is 0 Å². The van der Waals surface area contributed by atoms with Crippen molar-refractivity contribution in [2.75, 3.05) is 19.1 Å². The molecular weight excluding hydrogens is 483 g/mol. The Morgan fingerprint density at radius 2 is 1.77 bits per heavy atom. The van der Waals surface area contributed by atoms with E-state index in [1.165, 1.54) is 43.2 Å². The summed E-state index contributed by atoms with van der Waals surface area (Å²) in [5.74, 6) is -0.692. The van der Waals surface area contributed by atoms with E-state index >= 15 is 0 Å². The lowest BCUT2D eigenvalue weighted by Gasteiger charge is -2.30. The second kappa shape index (κ2) is 9.26. The molecule has 180 valence electrons. The highest BCUT2D eigenvalue weighted by molar-refractivity contribution is 7.80. The average Bonchev–Trinajstić information content (AvgIpc) is 3.29. The monoisotopic (exact) mass is 501 g/mol. The SMILES string of the molecule is COc1ccc(N2C(=O)/C(=C/c3cccn3-c3cccc(C(F)(F)F)c3)C(=O)NC2=S)c(OC)c1. The Bertz CT molecular complexity index is 1360. The van der Waals surface area contributed by atoms with Crippen LogP contribution in [-0.4, -0.2) is 35.7 Å². The molecule has 1 aliphatic rings. The quantitative estimate of drug-likeness (QED) is 0.320.